The van der Waals surface area contributed by atoms with Gasteiger partial charge in [-0.1, -0.05) is 13.8 Å². The molecule has 0 heterocycles. The van der Waals surface area contributed by atoms with Crippen LogP contribution in [-0.2, 0) is 26.2 Å². The Hall–Kier alpha value is -1.46. The van der Waals surface area contributed by atoms with Crippen LogP contribution in [0.3, 0.4) is 0 Å². The van der Waals surface area contributed by atoms with Crippen LogP contribution in [0.2, 0.25) is 0 Å². The molecule has 0 saturated heterocycles. The Morgan fingerprint density at radius 2 is 1.35 bits per heavy atom. The summed E-state index contributed by atoms with van der Waals surface area (Å²) in [5.74, 6) is 0. The molecular weight excluding hydrogens is 355 g/mol. The largest absolute Gasteiger partial charge is 4.00 e. The molecule has 2 aliphatic rings. The molecule has 0 nitrogen and oxygen atoms in total. The minimum atomic E-state index is 0. The van der Waals surface area contributed by atoms with E-state index in [0.29, 0.717) is 0 Å². The first-order chi connectivity index (χ1) is 10.6. The number of benzene rings is 1. The maximum absolute atomic E-state index is 3.33. The van der Waals surface area contributed by atoms with Gasteiger partial charge < -0.3 is 11.6 Å². The maximum Gasteiger partial charge on any atom is 4.00 e. The molecule has 3 rings (SSSR count). The van der Waals surface area contributed by atoms with Crippen molar-refractivity contribution >= 4 is 5.57 Å². The summed E-state index contributed by atoms with van der Waals surface area (Å²) in [5, 5.41) is 0. The second-order valence-corrected chi connectivity index (χ2v) is 4.84. The number of allylic oxidation sites excluding steroid dienone is 10. The summed E-state index contributed by atoms with van der Waals surface area (Å²) in [6.45, 7) is 8.17. The van der Waals surface area contributed by atoms with Gasteiger partial charge in [0, 0.05) is 0 Å². The Bertz CT molecular complexity index is 556. The predicted octanol–water partition coefficient (Wildman–Crippen LogP) is 5.71. The van der Waals surface area contributed by atoms with E-state index < -0.39 is 0 Å². The molecule has 0 aliphatic heterocycles. The van der Waals surface area contributed by atoms with Crippen LogP contribution in [0.25, 0.3) is 5.57 Å². The van der Waals surface area contributed by atoms with E-state index in [1.165, 1.54) is 22.3 Å². The van der Waals surface area contributed by atoms with Crippen molar-refractivity contribution in [3.05, 3.63) is 102 Å². The third-order valence-electron chi connectivity index (χ3n) is 3.04. The van der Waals surface area contributed by atoms with Crippen molar-refractivity contribution in [3.63, 3.8) is 0 Å². The van der Waals surface area contributed by atoms with Gasteiger partial charge in [0.05, 0.1) is 0 Å². The van der Waals surface area contributed by atoms with Crippen molar-refractivity contribution in [2.45, 2.75) is 27.7 Å². The van der Waals surface area contributed by atoms with Gasteiger partial charge in [-0.15, -0.1) is 19.9 Å². The van der Waals surface area contributed by atoms with Gasteiger partial charge in [-0.3, -0.25) is 5.56 Å². The predicted molar refractivity (Wildman–Crippen MR) is 95.8 cm³/mol. The summed E-state index contributed by atoms with van der Waals surface area (Å²) in [7, 11) is 0. The Balaban J connectivity index is 0.000000362. The summed E-state index contributed by atoms with van der Waals surface area (Å²) in [5.41, 5.74) is 4.83. The van der Waals surface area contributed by atoms with E-state index in [-0.39, 0.29) is 26.2 Å². The van der Waals surface area contributed by atoms with Gasteiger partial charge in [0.15, 0.2) is 0 Å². The van der Waals surface area contributed by atoms with Gasteiger partial charge in [0.25, 0.3) is 0 Å². The Morgan fingerprint density at radius 1 is 0.870 bits per heavy atom. The fraction of sp³-hybridized carbons (Fsp3) is 0.182. The zero-order valence-corrected chi connectivity index (χ0v) is 16.7. The molecule has 0 atom stereocenters. The molecule has 0 spiro atoms. The third kappa shape index (κ3) is 9.31. The first-order valence-electron chi connectivity index (χ1n) is 7.32. The zero-order valence-electron chi connectivity index (χ0n) is 14.3. The van der Waals surface area contributed by atoms with Crippen LogP contribution in [0.1, 0.15) is 30.5 Å². The molecule has 23 heavy (non-hydrogen) atoms. The van der Waals surface area contributed by atoms with Crippen LogP contribution in [0.5, 0.6) is 0 Å². The van der Waals surface area contributed by atoms with Gasteiger partial charge in [-0.25, -0.2) is 35.9 Å². The number of aryl methyl sites for hydroxylation is 2. The smallest absolute Gasteiger partial charge is 0.327 e. The first kappa shape index (κ1) is 21.5. The summed E-state index contributed by atoms with van der Waals surface area (Å²) in [6, 6.07) is 7.54. The SMILES string of the molecule is C[C-]=C(C)c1[c-]c(C)ccc1C.[C-]1C=CC=C1.[C-]1C=CC=C1.[Zr+4]. The molecule has 0 bridgehead atoms. The Labute approximate surface area is 161 Å². The zero-order chi connectivity index (χ0) is 16.2. The number of hydrogen-bond donors (Lipinski definition) is 0. The van der Waals surface area contributed by atoms with Gasteiger partial charge in [0.2, 0.25) is 0 Å². The minimum absolute atomic E-state index is 0. The van der Waals surface area contributed by atoms with Crippen LogP contribution in [0.4, 0.5) is 0 Å². The van der Waals surface area contributed by atoms with Gasteiger partial charge in [-0.2, -0.15) is 48.8 Å². The van der Waals surface area contributed by atoms with Crippen LogP contribution < -0.4 is 0 Å². The molecule has 0 aromatic heterocycles. The molecule has 2 aliphatic carbocycles. The molecule has 1 aromatic carbocycles. The van der Waals surface area contributed by atoms with E-state index in [1.54, 1.807) is 0 Å². The van der Waals surface area contributed by atoms with E-state index in [4.69, 9.17) is 0 Å². The Kier molecular flexibility index (Phi) is 12.2. The van der Waals surface area contributed by atoms with Crippen LogP contribution in [-0.4, -0.2) is 0 Å². The number of hydrogen-bond acceptors (Lipinski definition) is 0. The quantitative estimate of drug-likeness (QED) is 0.550. The summed E-state index contributed by atoms with van der Waals surface area (Å²) in [4.78, 5) is 0. The standard InChI is InChI=1S/C12H14.2C5H4.Zr/c1-5-10(3)12-8-9(2)6-7-11(12)4;2*1-2-4-5-3-1;/h6-7H,1-4H3;2*1-4H;/q-2;2*-1;+4. The monoisotopic (exact) mass is 376 g/mol. The van der Waals surface area contributed by atoms with Crippen molar-refractivity contribution < 1.29 is 26.2 Å². The number of rotatable bonds is 1. The first-order valence-corrected chi connectivity index (χ1v) is 7.32. The topological polar surface area (TPSA) is 0 Å². The second kappa shape index (κ2) is 13.0. The molecule has 1 aromatic rings. The van der Waals surface area contributed by atoms with Crippen LogP contribution in [0, 0.1) is 38.8 Å². The van der Waals surface area contributed by atoms with Gasteiger partial charge in [-0.05, 0) is 0 Å². The normalized spacial score (nSPS) is 13.1. The molecular formula is C22H22Zr. The van der Waals surface area contributed by atoms with E-state index in [9.17, 15) is 0 Å². The van der Waals surface area contributed by atoms with Crippen molar-refractivity contribution in [2.75, 3.05) is 0 Å². The van der Waals surface area contributed by atoms with E-state index in [2.05, 4.69) is 57.9 Å². The maximum atomic E-state index is 3.33. The summed E-state index contributed by atoms with van der Waals surface area (Å²) >= 11 is 0. The second-order valence-electron chi connectivity index (χ2n) is 4.84. The van der Waals surface area contributed by atoms with Gasteiger partial charge >= 0.3 is 26.2 Å². The van der Waals surface area contributed by atoms with Crippen molar-refractivity contribution in [3.8, 4) is 0 Å². The average Bonchev–Trinajstić information content (AvgIpc) is 3.26. The van der Waals surface area contributed by atoms with E-state index in [0.717, 1.165) is 0 Å². The molecule has 114 valence electrons. The van der Waals surface area contributed by atoms with Crippen molar-refractivity contribution in [2.24, 2.45) is 0 Å². The third-order valence-corrected chi connectivity index (χ3v) is 3.04. The fourth-order valence-corrected chi connectivity index (χ4v) is 1.74. The molecule has 0 unspecified atom stereocenters. The summed E-state index contributed by atoms with van der Waals surface area (Å²) in [6.07, 6.45) is 24.1. The van der Waals surface area contributed by atoms with Gasteiger partial charge in [0.1, 0.15) is 0 Å². The van der Waals surface area contributed by atoms with Crippen LogP contribution in [0.15, 0.2) is 60.7 Å². The minimum Gasteiger partial charge on any atom is -0.327 e. The molecule has 0 saturated carbocycles. The van der Waals surface area contributed by atoms with Crippen LogP contribution >= 0.6 is 0 Å². The van der Waals surface area contributed by atoms with Crippen molar-refractivity contribution in [1.82, 2.24) is 0 Å². The summed E-state index contributed by atoms with van der Waals surface area (Å²) < 4.78 is 0. The molecule has 2 radical (unpaired) electrons. The fourth-order valence-electron chi connectivity index (χ4n) is 1.74. The molecule has 1 heteroatoms. The molecule has 0 amide bonds. The van der Waals surface area contributed by atoms with E-state index in [1.807, 2.05) is 55.5 Å². The van der Waals surface area contributed by atoms with Crippen molar-refractivity contribution in [1.29, 1.82) is 0 Å². The Morgan fingerprint density at radius 3 is 1.70 bits per heavy atom. The average molecular weight is 378 g/mol. The van der Waals surface area contributed by atoms with E-state index >= 15 is 0 Å². The molecule has 0 fully saturated rings. The molecule has 0 N–H and O–H groups in total.